The maximum absolute atomic E-state index is 13.4. The first-order valence-corrected chi connectivity index (χ1v) is 8.86. The van der Waals surface area contributed by atoms with Gasteiger partial charge in [0.15, 0.2) is 0 Å². The van der Waals surface area contributed by atoms with Crippen LogP contribution in [0.25, 0.3) is 6.08 Å². The molecule has 8 heteroatoms. The second-order valence-corrected chi connectivity index (χ2v) is 7.33. The van der Waals surface area contributed by atoms with E-state index in [4.69, 9.17) is 0 Å². The second-order valence-electron chi connectivity index (χ2n) is 5.62. The van der Waals surface area contributed by atoms with Gasteiger partial charge in [-0.25, -0.2) is 0 Å². The molecule has 0 nitrogen and oxygen atoms in total. The molecule has 0 spiro atoms. The smallest absolute Gasteiger partial charge is 0.170 e. The quantitative estimate of drug-likeness (QED) is 0.375. The number of aryl methyl sites for hydroxylation is 1. The molecule has 0 aliphatic rings. The fraction of sp³-hybridized carbons (Fsp3) is 0.222. The topological polar surface area (TPSA) is 0 Å². The van der Waals surface area contributed by atoms with Crippen LogP contribution in [0.15, 0.2) is 51.4 Å². The number of hydrogen-bond acceptors (Lipinski definition) is 0. The lowest BCUT2D eigenvalue weighted by atomic mass is 9.96. The van der Waals surface area contributed by atoms with Crippen molar-refractivity contribution in [2.45, 2.75) is 25.2 Å². The van der Waals surface area contributed by atoms with E-state index in [0.717, 1.165) is 18.2 Å². The molecule has 1 atom stereocenters. The van der Waals surface area contributed by atoms with Crippen LogP contribution in [-0.2, 0) is 6.18 Å². The van der Waals surface area contributed by atoms with Crippen LogP contribution < -0.4 is 0 Å². The van der Waals surface area contributed by atoms with Crippen LogP contribution in [0.4, 0.5) is 26.3 Å². The largest absolute Gasteiger partial charge is 0.416 e. The Bertz CT molecular complexity index is 821. The van der Waals surface area contributed by atoms with Crippen LogP contribution in [-0.4, -0.2) is 6.18 Å². The number of hydrogen-bond donors (Lipinski definition) is 0. The molecular formula is C18H12Br2F6. The highest BCUT2D eigenvalue weighted by atomic mass is 79.9. The number of benzene rings is 2. The summed E-state index contributed by atoms with van der Waals surface area (Å²) >= 11 is 6.34. The lowest BCUT2D eigenvalue weighted by molar-refractivity contribution is -0.139. The van der Waals surface area contributed by atoms with Gasteiger partial charge >= 0.3 is 12.4 Å². The minimum absolute atomic E-state index is 0.0128. The molecule has 0 bridgehead atoms. The zero-order valence-electron chi connectivity index (χ0n) is 13.2. The Hall–Kier alpha value is -1.28. The molecule has 0 radical (unpaired) electrons. The first-order valence-electron chi connectivity index (χ1n) is 7.27. The average molecular weight is 502 g/mol. The molecule has 0 N–H and O–H groups in total. The van der Waals surface area contributed by atoms with Crippen molar-refractivity contribution >= 4 is 37.9 Å². The second kappa shape index (κ2) is 7.76. The average Bonchev–Trinajstić information content (AvgIpc) is 2.50. The van der Waals surface area contributed by atoms with Crippen LogP contribution in [0.2, 0.25) is 0 Å². The number of allylic oxidation sites excluding steroid dienone is 1. The van der Waals surface area contributed by atoms with E-state index in [2.05, 4.69) is 31.9 Å². The highest BCUT2D eigenvalue weighted by Crippen LogP contribution is 2.39. The van der Waals surface area contributed by atoms with Gasteiger partial charge in [-0.05, 0) is 73.7 Å². The lowest BCUT2D eigenvalue weighted by Gasteiger charge is -2.18. The van der Waals surface area contributed by atoms with Gasteiger partial charge in [-0.15, -0.1) is 0 Å². The number of alkyl halides is 6. The molecule has 0 amide bonds. The van der Waals surface area contributed by atoms with Gasteiger partial charge in [0, 0.05) is 8.95 Å². The Labute approximate surface area is 163 Å². The molecule has 0 saturated heterocycles. The molecule has 0 saturated carbocycles. The molecule has 0 aliphatic carbocycles. The van der Waals surface area contributed by atoms with Gasteiger partial charge in [0.2, 0.25) is 0 Å². The third kappa shape index (κ3) is 5.13. The molecule has 0 aliphatic heterocycles. The Kier molecular flexibility index (Phi) is 6.28. The predicted molar refractivity (Wildman–Crippen MR) is 95.9 cm³/mol. The van der Waals surface area contributed by atoms with Crippen LogP contribution in [0.1, 0.15) is 28.2 Å². The minimum Gasteiger partial charge on any atom is -0.170 e. The van der Waals surface area contributed by atoms with Crippen LogP contribution in [0.3, 0.4) is 0 Å². The lowest BCUT2D eigenvalue weighted by Crippen LogP contribution is -2.18. The van der Waals surface area contributed by atoms with Crippen molar-refractivity contribution in [3.05, 3.63) is 73.7 Å². The standard InChI is InChI=1S/C18H12Br2F6/c1-10-2-3-11(8-14(10)18(24,25)26)4-6-13(17(21,22)23)12-5-7-15(19)16(20)9-12/h2-9,13H,1H3/b6-4+. The molecule has 0 fully saturated rings. The third-order valence-electron chi connectivity index (χ3n) is 3.70. The molecule has 26 heavy (non-hydrogen) atoms. The molecular weight excluding hydrogens is 490 g/mol. The zero-order valence-corrected chi connectivity index (χ0v) is 16.4. The summed E-state index contributed by atoms with van der Waals surface area (Å²) in [5.74, 6) is -1.94. The summed E-state index contributed by atoms with van der Waals surface area (Å²) in [5, 5.41) is 0. The van der Waals surface area contributed by atoms with E-state index in [9.17, 15) is 26.3 Å². The molecule has 2 rings (SSSR count). The van der Waals surface area contributed by atoms with Gasteiger partial charge in [0.05, 0.1) is 11.5 Å². The molecule has 1 unspecified atom stereocenters. The van der Waals surface area contributed by atoms with Gasteiger partial charge < -0.3 is 0 Å². The van der Waals surface area contributed by atoms with Crippen molar-refractivity contribution in [3.8, 4) is 0 Å². The van der Waals surface area contributed by atoms with Gasteiger partial charge in [-0.1, -0.05) is 30.4 Å². The summed E-state index contributed by atoms with van der Waals surface area (Å²) in [6, 6.07) is 7.54. The highest BCUT2D eigenvalue weighted by Gasteiger charge is 2.39. The van der Waals surface area contributed by atoms with Crippen molar-refractivity contribution in [2.24, 2.45) is 0 Å². The molecule has 140 valence electrons. The first-order chi connectivity index (χ1) is 11.9. The van der Waals surface area contributed by atoms with Crippen molar-refractivity contribution in [1.82, 2.24) is 0 Å². The molecule has 0 heterocycles. The summed E-state index contributed by atoms with van der Waals surface area (Å²) in [6.07, 6.45) is -7.22. The van der Waals surface area contributed by atoms with E-state index in [-0.39, 0.29) is 16.7 Å². The van der Waals surface area contributed by atoms with E-state index in [0.29, 0.717) is 8.95 Å². The maximum Gasteiger partial charge on any atom is 0.416 e. The van der Waals surface area contributed by atoms with Crippen molar-refractivity contribution in [2.75, 3.05) is 0 Å². The summed E-state index contributed by atoms with van der Waals surface area (Å²) in [5.41, 5.74) is -0.825. The van der Waals surface area contributed by atoms with Gasteiger partial charge in [-0.3, -0.25) is 0 Å². The van der Waals surface area contributed by atoms with Gasteiger partial charge in [0.25, 0.3) is 0 Å². The minimum atomic E-state index is -4.58. The number of halogens is 8. The molecule has 0 aromatic heterocycles. The van der Waals surface area contributed by atoms with Gasteiger partial charge in [0.1, 0.15) is 0 Å². The first kappa shape index (κ1) is 21.0. The summed E-state index contributed by atoms with van der Waals surface area (Å²) in [7, 11) is 0. The zero-order chi connectivity index (χ0) is 19.7. The van der Waals surface area contributed by atoms with E-state index >= 15 is 0 Å². The van der Waals surface area contributed by atoms with E-state index in [1.54, 1.807) is 0 Å². The molecule has 2 aromatic carbocycles. The Morgan fingerprint density at radius 2 is 1.54 bits per heavy atom. The van der Waals surface area contributed by atoms with Crippen molar-refractivity contribution in [1.29, 1.82) is 0 Å². The summed E-state index contributed by atoms with van der Waals surface area (Å²) < 4.78 is 80.1. The van der Waals surface area contributed by atoms with E-state index in [1.807, 2.05) is 0 Å². The van der Waals surface area contributed by atoms with Crippen LogP contribution in [0.5, 0.6) is 0 Å². The fourth-order valence-corrected chi connectivity index (χ4v) is 3.01. The Balaban J connectivity index is 2.42. The maximum atomic E-state index is 13.4. The summed E-state index contributed by atoms with van der Waals surface area (Å²) in [4.78, 5) is 0. The van der Waals surface area contributed by atoms with Crippen molar-refractivity contribution < 1.29 is 26.3 Å². The normalized spacial score (nSPS) is 14.0. The van der Waals surface area contributed by atoms with Crippen LogP contribution in [0, 0.1) is 6.92 Å². The Morgan fingerprint density at radius 1 is 0.885 bits per heavy atom. The fourth-order valence-electron chi connectivity index (χ4n) is 2.37. The summed E-state index contributed by atoms with van der Waals surface area (Å²) in [6.45, 7) is 1.30. The van der Waals surface area contributed by atoms with E-state index < -0.39 is 23.8 Å². The van der Waals surface area contributed by atoms with Crippen molar-refractivity contribution in [3.63, 3.8) is 0 Å². The SMILES string of the molecule is Cc1ccc(/C=C/C(c2ccc(Br)c(Br)c2)C(F)(F)F)cc1C(F)(F)F. The molecule has 2 aromatic rings. The Morgan fingerprint density at radius 3 is 2.08 bits per heavy atom. The van der Waals surface area contributed by atoms with E-state index in [1.165, 1.54) is 37.3 Å². The van der Waals surface area contributed by atoms with Crippen LogP contribution >= 0.6 is 31.9 Å². The highest BCUT2D eigenvalue weighted by molar-refractivity contribution is 9.13. The monoisotopic (exact) mass is 500 g/mol. The predicted octanol–water partition coefficient (Wildman–Crippen LogP) is 7.90. The van der Waals surface area contributed by atoms with Gasteiger partial charge in [-0.2, -0.15) is 26.3 Å². The third-order valence-corrected chi connectivity index (χ3v) is 5.58. The number of rotatable bonds is 3.